The predicted octanol–water partition coefficient (Wildman–Crippen LogP) is 3.71. The Labute approximate surface area is 168 Å². The highest BCUT2D eigenvalue weighted by atomic mass is 16.2. The van der Waals surface area contributed by atoms with E-state index in [1.54, 1.807) is 30.7 Å². The van der Waals surface area contributed by atoms with Crippen molar-refractivity contribution in [3.05, 3.63) is 48.4 Å². The van der Waals surface area contributed by atoms with Crippen molar-refractivity contribution in [2.75, 3.05) is 11.1 Å². The minimum absolute atomic E-state index is 0.109. The third-order valence-corrected chi connectivity index (χ3v) is 5.32. The standard InChI is InChI=1S/C22H20N6O/c1-3-14-16-9-19(27-22(29)15-8-13(15)4-6-23)26-11-18(16)21(24)28-20(14)17-10-25-7-5-12(17)2/h3,5,7,9-11,13,15H,1,4,8H2,2H3,(H2,24,28)(H,26,27,29)/t13-,15-/m1/s1. The lowest BCUT2D eigenvalue weighted by molar-refractivity contribution is -0.117. The molecule has 2 atom stereocenters. The molecule has 3 aromatic heterocycles. The SMILES string of the molecule is C=Cc1c(-c2cnccc2C)nc(N)c2cnc(NC(=O)[C@@H]3C[C@H]3CC#N)cc12. The van der Waals surface area contributed by atoms with Gasteiger partial charge >= 0.3 is 0 Å². The number of pyridine rings is 3. The van der Waals surface area contributed by atoms with Gasteiger partial charge in [-0.15, -0.1) is 0 Å². The smallest absolute Gasteiger partial charge is 0.228 e. The van der Waals surface area contributed by atoms with E-state index in [1.165, 1.54) is 0 Å². The minimum Gasteiger partial charge on any atom is -0.383 e. The second-order valence-corrected chi connectivity index (χ2v) is 7.22. The third-order valence-electron chi connectivity index (χ3n) is 5.32. The Morgan fingerprint density at radius 3 is 3.00 bits per heavy atom. The average molecular weight is 384 g/mol. The topological polar surface area (TPSA) is 118 Å². The number of nitrogens with zero attached hydrogens (tertiary/aromatic N) is 4. The van der Waals surface area contributed by atoms with Gasteiger partial charge in [-0.1, -0.05) is 12.7 Å². The van der Waals surface area contributed by atoms with Crippen LogP contribution in [-0.2, 0) is 4.79 Å². The zero-order valence-electron chi connectivity index (χ0n) is 16.0. The fourth-order valence-electron chi connectivity index (χ4n) is 3.57. The molecule has 0 radical (unpaired) electrons. The van der Waals surface area contributed by atoms with Crippen molar-refractivity contribution < 1.29 is 4.79 Å². The number of nitriles is 1. The van der Waals surface area contributed by atoms with Gasteiger partial charge in [0.05, 0.1) is 11.8 Å². The third kappa shape index (κ3) is 3.41. The molecule has 144 valence electrons. The van der Waals surface area contributed by atoms with Crippen molar-refractivity contribution in [1.82, 2.24) is 15.0 Å². The number of carbonyl (C=O) groups is 1. The molecule has 3 heterocycles. The number of hydrogen-bond donors (Lipinski definition) is 2. The fourth-order valence-corrected chi connectivity index (χ4v) is 3.57. The van der Waals surface area contributed by atoms with E-state index in [9.17, 15) is 4.79 Å². The number of fused-ring (bicyclic) bond motifs is 1. The predicted molar refractivity (Wildman–Crippen MR) is 112 cm³/mol. The maximum atomic E-state index is 12.4. The first kappa shape index (κ1) is 18.6. The molecule has 3 N–H and O–H groups in total. The summed E-state index contributed by atoms with van der Waals surface area (Å²) < 4.78 is 0. The van der Waals surface area contributed by atoms with Gasteiger partial charge in [0.25, 0.3) is 0 Å². The summed E-state index contributed by atoms with van der Waals surface area (Å²) in [5, 5.41) is 13.1. The Morgan fingerprint density at radius 1 is 1.45 bits per heavy atom. The van der Waals surface area contributed by atoms with E-state index < -0.39 is 0 Å². The molecule has 0 bridgehead atoms. The van der Waals surface area contributed by atoms with Gasteiger partial charge in [0.1, 0.15) is 11.6 Å². The maximum absolute atomic E-state index is 12.4. The molecule has 7 heteroatoms. The molecule has 0 spiro atoms. The molecule has 7 nitrogen and oxygen atoms in total. The summed E-state index contributed by atoms with van der Waals surface area (Å²) in [5.41, 5.74) is 9.59. The quantitative estimate of drug-likeness (QED) is 0.692. The molecule has 0 saturated heterocycles. The number of nitrogen functional groups attached to an aromatic ring is 1. The van der Waals surface area contributed by atoms with Crippen LogP contribution in [0.15, 0.2) is 37.3 Å². The van der Waals surface area contributed by atoms with Gasteiger partial charge in [-0.2, -0.15) is 5.26 Å². The minimum atomic E-state index is -0.123. The van der Waals surface area contributed by atoms with Crippen LogP contribution in [0, 0.1) is 30.1 Å². The summed E-state index contributed by atoms with van der Waals surface area (Å²) in [6, 6.07) is 5.82. The van der Waals surface area contributed by atoms with E-state index in [-0.39, 0.29) is 17.7 Å². The van der Waals surface area contributed by atoms with Crippen molar-refractivity contribution in [2.24, 2.45) is 11.8 Å². The van der Waals surface area contributed by atoms with Gasteiger partial charge in [0.15, 0.2) is 0 Å². The van der Waals surface area contributed by atoms with Crippen LogP contribution in [0.25, 0.3) is 28.1 Å². The van der Waals surface area contributed by atoms with E-state index in [0.717, 1.165) is 28.5 Å². The van der Waals surface area contributed by atoms with Gasteiger partial charge in [-0.05, 0) is 42.3 Å². The van der Waals surface area contributed by atoms with E-state index in [2.05, 4.69) is 32.9 Å². The number of nitrogens with two attached hydrogens (primary N) is 1. The number of hydrogen-bond acceptors (Lipinski definition) is 6. The number of aromatic nitrogens is 3. The maximum Gasteiger partial charge on any atom is 0.228 e. The van der Waals surface area contributed by atoms with Crippen molar-refractivity contribution in [1.29, 1.82) is 5.26 Å². The summed E-state index contributed by atoms with van der Waals surface area (Å²) in [6.45, 7) is 5.93. The number of carbonyl (C=O) groups excluding carboxylic acids is 1. The molecular formula is C22H20N6O. The van der Waals surface area contributed by atoms with Crippen LogP contribution in [0.3, 0.4) is 0 Å². The largest absolute Gasteiger partial charge is 0.383 e. The highest BCUT2D eigenvalue weighted by Crippen LogP contribution is 2.42. The highest BCUT2D eigenvalue weighted by molar-refractivity contribution is 6.03. The van der Waals surface area contributed by atoms with Crippen LogP contribution < -0.4 is 11.1 Å². The first-order valence-corrected chi connectivity index (χ1v) is 9.34. The van der Waals surface area contributed by atoms with Crippen LogP contribution in [0.2, 0.25) is 0 Å². The fraction of sp³-hybridized carbons (Fsp3) is 0.227. The first-order valence-electron chi connectivity index (χ1n) is 9.34. The second kappa shape index (κ2) is 7.32. The Kier molecular flexibility index (Phi) is 4.69. The number of amides is 1. The van der Waals surface area contributed by atoms with Gasteiger partial charge < -0.3 is 11.1 Å². The van der Waals surface area contributed by atoms with Crippen molar-refractivity contribution in [2.45, 2.75) is 19.8 Å². The molecule has 3 aromatic rings. The van der Waals surface area contributed by atoms with Crippen molar-refractivity contribution in [3.63, 3.8) is 0 Å². The zero-order valence-corrected chi connectivity index (χ0v) is 16.0. The molecule has 0 unspecified atom stereocenters. The van der Waals surface area contributed by atoms with Crippen molar-refractivity contribution >= 4 is 34.4 Å². The monoisotopic (exact) mass is 384 g/mol. The lowest BCUT2D eigenvalue weighted by Gasteiger charge is -2.14. The number of aryl methyl sites for hydroxylation is 1. The molecule has 4 rings (SSSR count). The molecule has 1 fully saturated rings. The van der Waals surface area contributed by atoms with Crippen molar-refractivity contribution in [3.8, 4) is 17.3 Å². The normalized spacial score (nSPS) is 17.5. The van der Waals surface area contributed by atoms with Gasteiger partial charge in [-0.25, -0.2) is 9.97 Å². The average Bonchev–Trinajstić information content (AvgIpc) is 3.48. The second-order valence-electron chi connectivity index (χ2n) is 7.22. The van der Waals surface area contributed by atoms with Crippen LogP contribution in [0.4, 0.5) is 11.6 Å². The van der Waals surface area contributed by atoms with Gasteiger partial charge in [-0.3, -0.25) is 9.78 Å². The Balaban J connectivity index is 1.76. The molecule has 1 aliphatic rings. The summed E-state index contributed by atoms with van der Waals surface area (Å²) in [7, 11) is 0. The molecule has 0 aliphatic heterocycles. The molecule has 1 aliphatic carbocycles. The van der Waals surface area contributed by atoms with Crippen LogP contribution >= 0.6 is 0 Å². The first-order chi connectivity index (χ1) is 14.0. The van der Waals surface area contributed by atoms with E-state index in [0.29, 0.717) is 29.1 Å². The van der Waals surface area contributed by atoms with E-state index in [4.69, 9.17) is 11.0 Å². The van der Waals surface area contributed by atoms with E-state index in [1.807, 2.05) is 13.0 Å². The Morgan fingerprint density at radius 2 is 2.28 bits per heavy atom. The van der Waals surface area contributed by atoms with Gasteiger partial charge in [0.2, 0.25) is 5.91 Å². The number of rotatable bonds is 5. The Bertz CT molecular complexity index is 1180. The van der Waals surface area contributed by atoms with Crippen LogP contribution in [0.5, 0.6) is 0 Å². The van der Waals surface area contributed by atoms with Crippen LogP contribution in [-0.4, -0.2) is 20.9 Å². The summed E-state index contributed by atoms with van der Waals surface area (Å²) in [5.74, 6) is 0.701. The Hall–Kier alpha value is -3.79. The highest BCUT2D eigenvalue weighted by Gasteiger charge is 2.42. The molecular weight excluding hydrogens is 364 g/mol. The van der Waals surface area contributed by atoms with Crippen LogP contribution in [0.1, 0.15) is 24.0 Å². The zero-order chi connectivity index (χ0) is 20.5. The lowest BCUT2D eigenvalue weighted by atomic mass is 9.98. The number of anilines is 2. The summed E-state index contributed by atoms with van der Waals surface area (Å²) in [4.78, 5) is 25.5. The summed E-state index contributed by atoms with van der Waals surface area (Å²) in [6.07, 6.45) is 7.96. The molecule has 29 heavy (non-hydrogen) atoms. The number of nitrogens with one attached hydrogen (secondary N) is 1. The van der Waals surface area contributed by atoms with Gasteiger partial charge in [0, 0.05) is 47.4 Å². The summed E-state index contributed by atoms with van der Waals surface area (Å²) >= 11 is 0. The molecule has 1 saturated carbocycles. The molecule has 1 amide bonds. The van der Waals surface area contributed by atoms with E-state index >= 15 is 0 Å². The molecule has 0 aromatic carbocycles. The lowest BCUT2D eigenvalue weighted by Crippen LogP contribution is -2.15.